The average molecular weight is 338 g/mol. The van der Waals surface area contributed by atoms with Crippen LogP contribution in [0.4, 0.5) is 20.2 Å². The van der Waals surface area contributed by atoms with Crippen LogP contribution in [0.5, 0.6) is 5.75 Å². The van der Waals surface area contributed by atoms with Gasteiger partial charge >= 0.3 is 6.61 Å². The van der Waals surface area contributed by atoms with Gasteiger partial charge in [-0.3, -0.25) is 9.48 Å². The standard InChI is InChI=1S/C16H20F2N4O2/c1-9-6-5-7-12(24-16(17)18)14(9)19-8-13(23)20-15-10(2)21-22(4)11(15)3/h5-7,16,19H,8H2,1-4H3,(H,20,23). The third-order valence-corrected chi connectivity index (χ3v) is 3.65. The van der Waals surface area contributed by atoms with E-state index in [1.807, 2.05) is 6.92 Å². The molecule has 1 aromatic carbocycles. The molecule has 0 atom stereocenters. The number of aryl methyl sites for hydroxylation is 3. The van der Waals surface area contributed by atoms with Crippen molar-refractivity contribution in [2.24, 2.45) is 7.05 Å². The predicted molar refractivity (Wildman–Crippen MR) is 87.6 cm³/mol. The number of hydrogen-bond acceptors (Lipinski definition) is 4. The Morgan fingerprint density at radius 3 is 2.58 bits per heavy atom. The zero-order valence-corrected chi connectivity index (χ0v) is 14.0. The number of alkyl halides is 2. The summed E-state index contributed by atoms with van der Waals surface area (Å²) >= 11 is 0. The molecule has 6 nitrogen and oxygen atoms in total. The lowest BCUT2D eigenvalue weighted by molar-refractivity contribution is -0.114. The van der Waals surface area contributed by atoms with Gasteiger partial charge in [-0.25, -0.2) is 0 Å². The van der Waals surface area contributed by atoms with Crippen molar-refractivity contribution in [3.8, 4) is 5.75 Å². The fourth-order valence-electron chi connectivity index (χ4n) is 2.37. The largest absolute Gasteiger partial charge is 0.433 e. The van der Waals surface area contributed by atoms with Gasteiger partial charge in [0.15, 0.2) is 0 Å². The molecule has 0 aliphatic carbocycles. The molecular formula is C16H20F2N4O2. The quantitative estimate of drug-likeness (QED) is 0.850. The van der Waals surface area contributed by atoms with E-state index in [-0.39, 0.29) is 18.2 Å². The number of nitrogens with zero attached hydrogens (tertiary/aromatic N) is 2. The number of ether oxygens (including phenoxy) is 1. The molecule has 0 spiro atoms. The number of rotatable bonds is 6. The zero-order chi connectivity index (χ0) is 17.9. The van der Waals surface area contributed by atoms with Gasteiger partial charge in [0.2, 0.25) is 5.91 Å². The Hall–Kier alpha value is -2.64. The number of anilines is 2. The summed E-state index contributed by atoms with van der Waals surface area (Å²) in [4.78, 5) is 12.1. The Kier molecular flexibility index (Phi) is 5.38. The van der Waals surface area contributed by atoms with Crippen molar-refractivity contribution in [1.82, 2.24) is 9.78 Å². The van der Waals surface area contributed by atoms with Gasteiger partial charge in [-0.05, 0) is 32.4 Å². The second-order valence-electron chi connectivity index (χ2n) is 5.40. The third kappa shape index (κ3) is 4.01. The topological polar surface area (TPSA) is 68.2 Å². The summed E-state index contributed by atoms with van der Waals surface area (Å²) in [5.74, 6) is -0.299. The first-order valence-electron chi connectivity index (χ1n) is 7.38. The summed E-state index contributed by atoms with van der Waals surface area (Å²) in [5.41, 5.74) is 3.26. The van der Waals surface area contributed by atoms with Gasteiger partial charge in [-0.2, -0.15) is 13.9 Å². The fourth-order valence-corrected chi connectivity index (χ4v) is 2.37. The van der Waals surface area contributed by atoms with Crippen LogP contribution in [-0.2, 0) is 11.8 Å². The number of carbonyl (C=O) groups is 1. The Labute approximate surface area is 138 Å². The van der Waals surface area contributed by atoms with Gasteiger partial charge in [0, 0.05) is 7.05 Å². The van der Waals surface area contributed by atoms with Gasteiger partial charge in [0.1, 0.15) is 5.75 Å². The number of para-hydroxylation sites is 1. The lowest BCUT2D eigenvalue weighted by Gasteiger charge is -2.15. The predicted octanol–water partition coefficient (Wildman–Crippen LogP) is 3.00. The fraction of sp³-hybridized carbons (Fsp3) is 0.375. The van der Waals surface area contributed by atoms with Crippen LogP contribution in [0.3, 0.4) is 0 Å². The first-order valence-corrected chi connectivity index (χ1v) is 7.38. The summed E-state index contributed by atoms with van der Waals surface area (Å²) in [6, 6.07) is 4.78. The molecule has 0 fully saturated rings. The first-order chi connectivity index (χ1) is 11.3. The van der Waals surface area contributed by atoms with Gasteiger partial charge in [-0.1, -0.05) is 12.1 Å². The van der Waals surface area contributed by atoms with E-state index in [1.54, 1.807) is 37.7 Å². The molecule has 1 amide bonds. The summed E-state index contributed by atoms with van der Waals surface area (Å²) < 4.78 is 31.1. The van der Waals surface area contributed by atoms with Crippen molar-refractivity contribution < 1.29 is 18.3 Å². The zero-order valence-electron chi connectivity index (χ0n) is 14.0. The van der Waals surface area contributed by atoms with E-state index in [1.165, 1.54) is 6.07 Å². The number of carbonyl (C=O) groups excluding carboxylic acids is 1. The van der Waals surface area contributed by atoms with E-state index in [0.717, 1.165) is 5.69 Å². The van der Waals surface area contributed by atoms with Crippen LogP contribution in [0.15, 0.2) is 18.2 Å². The normalized spacial score (nSPS) is 10.8. The maximum absolute atomic E-state index is 12.5. The van der Waals surface area contributed by atoms with E-state index >= 15 is 0 Å². The van der Waals surface area contributed by atoms with Crippen molar-refractivity contribution in [1.29, 1.82) is 0 Å². The van der Waals surface area contributed by atoms with Crippen LogP contribution in [0.2, 0.25) is 0 Å². The molecule has 0 radical (unpaired) electrons. The highest BCUT2D eigenvalue weighted by atomic mass is 19.3. The van der Waals surface area contributed by atoms with E-state index in [2.05, 4.69) is 20.5 Å². The van der Waals surface area contributed by atoms with Gasteiger partial charge in [0.05, 0.1) is 29.3 Å². The highest BCUT2D eigenvalue weighted by Crippen LogP contribution is 2.29. The Balaban J connectivity index is 2.07. The maximum atomic E-state index is 12.5. The van der Waals surface area contributed by atoms with Gasteiger partial charge in [-0.15, -0.1) is 0 Å². The molecule has 1 aromatic heterocycles. The minimum absolute atomic E-state index is 0.00605. The number of hydrogen-bond donors (Lipinski definition) is 2. The van der Waals surface area contributed by atoms with Crippen LogP contribution in [0, 0.1) is 20.8 Å². The lowest BCUT2D eigenvalue weighted by Crippen LogP contribution is -2.23. The second kappa shape index (κ2) is 7.29. The molecule has 8 heteroatoms. The summed E-state index contributed by atoms with van der Waals surface area (Å²) in [7, 11) is 1.79. The van der Waals surface area contributed by atoms with E-state index in [9.17, 15) is 13.6 Å². The minimum Gasteiger partial charge on any atom is -0.433 e. The van der Waals surface area contributed by atoms with Crippen LogP contribution < -0.4 is 15.4 Å². The molecular weight excluding hydrogens is 318 g/mol. The van der Waals surface area contributed by atoms with E-state index in [0.29, 0.717) is 22.6 Å². The highest BCUT2D eigenvalue weighted by molar-refractivity contribution is 5.95. The van der Waals surface area contributed by atoms with Crippen LogP contribution in [0.1, 0.15) is 17.0 Å². The molecule has 1 heterocycles. The molecule has 0 bridgehead atoms. The lowest BCUT2D eigenvalue weighted by atomic mass is 10.2. The summed E-state index contributed by atoms with van der Waals surface area (Å²) in [5, 5.41) is 9.85. The first kappa shape index (κ1) is 17.7. The van der Waals surface area contributed by atoms with Crippen LogP contribution in [-0.4, -0.2) is 28.8 Å². The number of aromatic nitrogens is 2. The molecule has 0 saturated heterocycles. The minimum atomic E-state index is -2.93. The second-order valence-corrected chi connectivity index (χ2v) is 5.40. The number of halogens is 2. The summed E-state index contributed by atoms with van der Waals surface area (Å²) in [6.45, 7) is 2.37. The Morgan fingerprint density at radius 1 is 1.29 bits per heavy atom. The van der Waals surface area contributed by atoms with Crippen LogP contribution >= 0.6 is 0 Å². The van der Waals surface area contributed by atoms with Gasteiger partial charge in [0.25, 0.3) is 0 Å². The van der Waals surface area contributed by atoms with Crippen molar-refractivity contribution in [3.05, 3.63) is 35.2 Å². The Bertz CT molecular complexity index is 744. The SMILES string of the molecule is Cc1cccc(OC(F)F)c1NCC(=O)Nc1c(C)nn(C)c1C. The Morgan fingerprint density at radius 2 is 2.00 bits per heavy atom. The number of benzene rings is 1. The van der Waals surface area contributed by atoms with Crippen molar-refractivity contribution in [2.45, 2.75) is 27.4 Å². The molecule has 0 unspecified atom stereocenters. The molecule has 0 aliphatic rings. The molecule has 0 saturated carbocycles. The maximum Gasteiger partial charge on any atom is 0.387 e. The van der Waals surface area contributed by atoms with Crippen molar-refractivity contribution >= 4 is 17.3 Å². The molecule has 2 aromatic rings. The number of amides is 1. The molecule has 2 N–H and O–H groups in total. The number of nitrogens with one attached hydrogen (secondary N) is 2. The monoisotopic (exact) mass is 338 g/mol. The molecule has 2 rings (SSSR count). The van der Waals surface area contributed by atoms with Crippen LogP contribution in [0.25, 0.3) is 0 Å². The van der Waals surface area contributed by atoms with Crippen molar-refractivity contribution in [2.75, 3.05) is 17.2 Å². The van der Waals surface area contributed by atoms with E-state index in [4.69, 9.17) is 0 Å². The van der Waals surface area contributed by atoms with E-state index < -0.39 is 6.61 Å². The van der Waals surface area contributed by atoms with Gasteiger partial charge < -0.3 is 15.4 Å². The van der Waals surface area contributed by atoms with Crippen molar-refractivity contribution in [3.63, 3.8) is 0 Å². The summed E-state index contributed by atoms with van der Waals surface area (Å²) in [6.07, 6.45) is 0. The average Bonchev–Trinajstić information content (AvgIpc) is 2.72. The molecule has 0 aliphatic heterocycles. The smallest absolute Gasteiger partial charge is 0.387 e. The molecule has 130 valence electrons. The molecule has 24 heavy (non-hydrogen) atoms. The third-order valence-electron chi connectivity index (χ3n) is 3.65. The highest BCUT2D eigenvalue weighted by Gasteiger charge is 2.15.